The van der Waals surface area contributed by atoms with E-state index in [0.29, 0.717) is 0 Å². The van der Waals surface area contributed by atoms with Crippen molar-refractivity contribution in [2.75, 3.05) is 19.0 Å². The summed E-state index contributed by atoms with van der Waals surface area (Å²) in [5, 5.41) is 0. The zero-order chi connectivity index (χ0) is 8.93. The minimum Gasteiger partial charge on any atom is -0.351 e. The first-order chi connectivity index (χ1) is 6.45. The zero-order valence-corrected chi connectivity index (χ0v) is 8.20. The molecule has 68 valence electrons. The third-order valence-electron chi connectivity index (χ3n) is 1.90. The van der Waals surface area contributed by atoms with Crippen LogP contribution in [0.15, 0.2) is 40.2 Å². The van der Waals surface area contributed by atoms with Crippen molar-refractivity contribution in [3.8, 4) is 0 Å². The molecule has 0 aliphatic carbocycles. The van der Waals surface area contributed by atoms with Gasteiger partial charge < -0.3 is 4.90 Å². The molecule has 0 atom stereocenters. The van der Waals surface area contributed by atoms with Gasteiger partial charge in [0, 0.05) is 11.4 Å². The summed E-state index contributed by atoms with van der Waals surface area (Å²) in [4.78, 5) is 7.72. The molecule has 1 aromatic carbocycles. The van der Waals surface area contributed by atoms with Crippen LogP contribution < -0.4 is 0 Å². The van der Waals surface area contributed by atoms with E-state index in [1.165, 1.54) is 4.90 Å². The maximum absolute atomic E-state index is 4.16. The SMILES string of the molecule is C1=NCCN1CSc1ccccc1. The summed E-state index contributed by atoms with van der Waals surface area (Å²) in [7, 11) is 0. The van der Waals surface area contributed by atoms with Gasteiger partial charge in [-0.05, 0) is 12.1 Å². The Morgan fingerprint density at radius 3 is 2.85 bits per heavy atom. The van der Waals surface area contributed by atoms with Gasteiger partial charge >= 0.3 is 0 Å². The molecular formula is C10H12N2S. The normalized spacial score (nSPS) is 15.2. The van der Waals surface area contributed by atoms with E-state index in [4.69, 9.17) is 0 Å². The molecule has 1 aromatic rings. The molecule has 2 rings (SSSR count). The van der Waals surface area contributed by atoms with Gasteiger partial charge in [0.05, 0.1) is 18.8 Å². The maximum Gasteiger partial charge on any atom is 0.0858 e. The van der Waals surface area contributed by atoms with Gasteiger partial charge in [-0.25, -0.2) is 0 Å². The number of rotatable bonds is 3. The van der Waals surface area contributed by atoms with E-state index in [2.05, 4.69) is 34.2 Å². The van der Waals surface area contributed by atoms with E-state index < -0.39 is 0 Å². The summed E-state index contributed by atoms with van der Waals surface area (Å²) in [6, 6.07) is 10.5. The Bertz CT molecular complexity index is 284. The highest BCUT2D eigenvalue weighted by molar-refractivity contribution is 7.99. The van der Waals surface area contributed by atoms with Crippen LogP contribution >= 0.6 is 11.8 Å². The second-order valence-electron chi connectivity index (χ2n) is 2.92. The molecule has 0 bridgehead atoms. The first-order valence-corrected chi connectivity index (χ1v) is 5.35. The Labute approximate surface area is 82.7 Å². The summed E-state index contributed by atoms with van der Waals surface area (Å²) in [5.74, 6) is 1.01. The van der Waals surface area contributed by atoms with Crippen molar-refractivity contribution in [1.29, 1.82) is 0 Å². The molecule has 13 heavy (non-hydrogen) atoms. The van der Waals surface area contributed by atoms with Gasteiger partial charge in [-0.15, -0.1) is 11.8 Å². The fourth-order valence-electron chi connectivity index (χ4n) is 1.19. The lowest BCUT2D eigenvalue weighted by Gasteiger charge is -2.12. The quantitative estimate of drug-likeness (QED) is 0.681. The smallest absolute Gasteiger partial charge is 0.0858 e. The number of hydrogen-bond acceptors (Lipinski definition) is 3. The molecule has 3 heteroatoms. The van der Waals surface area contributed by atoms with Crippen molar-refractivity contribution in [3.05, 3.63) is 30.3 Å². The third kappa shape index (κ3) is 2.49. The van der Waals surface area contributed by atoms with Crippen molar-refractivity contribution >= 4 is 18.1 Å². The monoisotopic (exact) mass is 192 g/mol. The highest BCUT2D eigenvalue weighted by atomic mass is 32.2. The summed E-state index contributed by atoms with van der Waals surface area (Å²) in [6.45, 7) is 2.02. The fourth-order valence-corrected chi connectivity index (χ4v) is 2.05. The summed E-state index contributed by atoms with van der Waals surface area (Å²) in [5.41, 5.74) is 0. The Morgan fingerprint density at radius 2 is 2.15 bits per heavy atom. The van der Waals surface area contributed by atoms with Gasteiger partial charge in [0.15, 0.2) is 0 Å². The molecule has 0 N–H and O–H groups in total. The molecule has 0 saturated heterocycles. The molecule has 0 aromatic heterocycles. The molecule has 1 heterocycles. The van der Waals surface area contributed by atoms with Crippen LogP contribution in [0.4, 0.5) is 0 Å². The van der Waals surface area contributed by atoms with Gasteiger partial charge in [-0.3, -0.25) is 4.99 Å². The van der Waals surface area contributed by atoms with E-state index >= 15 is 0 Å². The van der Waals surface area contributed by atoms with Gasteiger partial charge in [0.25, 0.3) is 0 Å². The lowest BCUT2D eigenvalue weighted by atomic mass is 10.4. The molecule has 1 aliphatic rings. The fraction of sp³-hybridized carbons (Fsp3) is 0.300. The molecule has 2 nitrogen and oxygen atoms in total. The van der Waals surface area contributed by atoms with Gasteiger partial charge in [0.2, 0.25) is 0 Å². The molecule has 0 radical (unpaired) electrons. The van der Waals surface area contributed by atoms with Crippen LogP contribution in [0.25, 0.3) is 0 Å². The second-order valence-corrected chi connectivity index (χ2v) is 3.94. The third-order valence-corrected chi connectivity index (χ3v) is 2.97. The Hall–Kier alpha value is -0.960. The molecule has 1 aliphatic heterocycles. The standard InChI is InChI=1S/C10H12N2S/c1-2-4-10(5-3-1)13-9-12-7-6-11-8-12/h1-5,8H,6-7,9H2. The number of hydrogen-bond donors (Lipinski definition) is 0. The van der Waals surface area contributed by atoms with Crippen LogP contribution in [0.5, 0.6) is 0 Å². The van der Waals surface area contributed by atoms with Gasteiger partial charge in [-0.2, -0.15) is 0 Å². The number of aliphatic imine (C=N–C) groups is 1. The van der Waals surface area contributed by atoms with Crippen molar-refractivity contribution < 1.29 is 0 Å². The van der Waals surface area contributed by atoms with E-state index in [1.807, 2.05) is 24.2 Å². The highest BCUT2D eigenvalue weighted by Gasteiger charge is 2.04. The minimum atomic E-state index is 0.954. The van der Waals surface area contributed by atoms with E-state index in [0.717, 1.165) is 19.0 Å². The second kappa shape index (κ2) is 4.33. The van der Waals surface area contributed by atoms with E-state index in [9.17, 15) is 0 Å². The van der Waals surface area contributed by atoms with Crippen LogP contribution in [-0.4, -0.2) is 30.2 Å². The van der Waals surface area contributed by atoms with Crippen LogP contribution in [0.1, 0.15) is 0 Å². The Balaban J connectivity index is 1.82. The van der Waals surface area contributed by atoms with Gasteiger partial charge in [-0.1, -0.05) is 18.2 Å². The average molecular weight is 192 g/mol. The number of thioether (sulfide) groups is 1. The Kier molecular flexibility index (Phi) is 2.87. The van der Waals surface area contributed by atoms with E-state index in [-0.39, 0.29) is 0 Å². The molecular weight excluding hydrogens is 180 g/mol. The van der Waals surface area contributed by atoms with Crippen LogP contribution in [0, 0.1) is 0 Å². The van der Waals surface area contributed by atoms with Crippen molar-refractivity contribution in [1.82, 2.24) is 4.90 Å². The van der Waals surface area contributed by atoms with Crippen molar-refractivity contribution in [3.63, 3.8) is 0 Å². The predicted octanol–water partition coefficient (Wildman–Crippen LogP) is 2.08. The maximum atomic E-state index is 4.16. The van der Waals surface area contributed by atoms with Crippen LogP contribution in [0.2, 0.25) is 0 Å². The molecule has 0 unspecified atom stereocenters. The lowest BCUT2D eigenvalue weighted by Crippen LogP contribution is -2.18. The Morgan fingerprint density at radius 1 is 1.31 bits per heavy atom. The summed E-state index contributed by atoms with van der Waals surface area (Å²) < 4.78 is 0. The van der Waals surface area contributed by atoms with Crippen LogP contribution in [0.3, 0.4) is 0 Å². The topological polar surface area (TPSA) is 15.6 Å². The number of nitrogens with zero attached hydrogens (tertiary/aromatic N) is 2. The summed E-state index contributed by atoms with van der Waals surface area (Å²) in [6.07, 6.45) is 1.94. The largest absolute Gasteiger partial charge is 0.351 e. The molecule has 0 fully saturated rings. The predicted molar refractivity (Wildman–Crippen MR) is 57.2 cm³/mol. The lowest BCUT2D eigenvalue weighted by molar-refractivity contribution is 0.548. The average Bonchev–Trinajstić information content (AvgIpc) is 2.69. The minimum absolute atomic E-state index is 0.954. The highest BCUT2D eigenvalue weighted by Crippen LogP contribution is 2.17. The van der Waals surface area contributed by atoms with Crippen molar-refractivity contribution in [2.24, 2.45) is 4.99 Å². The van der Waals surface area contributed by atoms with Crippen LogP contribution in [-0.2, 0) is 0 Å². The van der Waals surface area contributed by atoms with Crippen molar-refractivity contribution in [2.45, 2.75) is 4.90 Å². The van der Waals surface area contributed by atoms with Gasteiger partial charge in [0.1, 0.15) is 0 Å². The molecule has 0 spiro atoms. The van der Waals surface area contributed by atoms with E-state index in [1.54, 1.807) is 0 Å². The summed E-state index contributed by atoms with van der Waals surface area (Å²) >= 11 is 1.85. The molecule has 0 saturated carbocycles. The first-order valence-electron chi connectivity index (χ1n) is 4.37. The number of benzene rings is 1. The zero-order valence-electron chi connectivity index (χ0n) is 7.39. The molecule has 0 amide bonds. The first kappa shape index (κ1) is 8.63.